The number of hydrogen-bond acceptors (Lipinski definition) is 4. The third-order valence-electron chi connectivity index (χ3n) is 2.04. The Labute approximate surface area is 116 Å². The van der Waals surface area contributed by atoms with Gasteiger partial charge in [-0.1, -0.05) is 36.4 Å². The number of rotatable bonds is 2. The molecule has 0 fully saturated rings. The molecule has 6 nitrogen and oxygen atoms in total. The minimum absolute atomic E-state index is 0.331. The summed E-state index contributed by atoms with van der Waals surface area (Å²) in [5.74, 6) is 6.24. The first-order valence-electron chi connectivity index (χ1n) is 5.51. The quantitative estimate of drug-likeness (QED) is 0.487. The van der Waals surface area contributed by atoms with Gasteiger partial charge >= 0.3 is 11.9 Å². The number of benzene rings is 2. The van der Waals surface area contributed by atoms with Crippen LogP contribution >= 0.6 is 0 Å². The van der Waals surface area contributed by atoms with Crippen LogP contribution in [0.4, 0.5) is 0 Å². The van der Waals surface area contributed by atoms with Crippen molar-refractivity contribution in [3.05, 3.63) is 71.8 Å². The maximum atomic E-state index is 10.2. The average Bonchev–Trinajstić information content (AvgIpc) is 2.51. The lowest BCUT2D eigenvalue weighted by molar-refractivity contribution is 0.0686. The lowest BCUT2D eigenvalue weighted by atomic mass is 10.2. The molecule has 0 aliphatic rings. The van der Waals surface area contributed by atoms with E-state index in [1.54, 1.807) is 60.7 Å². The molecule has 6 heteroatoms. The van der Waals surface area contributed by atoms with Crippen LogP contribution in [0.1, 0.15) is 20.7 Å². The third-order valence-corrected chi connectivity index (χ3v) is 2.04. The van der Waals surface area contributed by atoms with Gasteiger partial charge in [0, 0.05) is 0 Å². The fraction of sp³-hybridized carbons (Fsp3) is 0. The van der Waals surface area contributed by atoms with Gasteiger partial charge in [-0.2, -0.15) is 0 Å². The highest BCUT2D eigenvalue weighted by atomic mass is 16.4. The molecule has 0 aromatic heterocycles. The van der Waals surface area contributed by atoms with Crippen molar-refractivity contribution in [2.45, 2.75) is 0 Å². The van der Waals surface area contributed by atoms with Crippen molar-refractivity contribution >= 4 is 11.9 Å². The molecule has 0 aliphatic heterocycles. The van der Waals surface area contributed by atoms with E-state index in [0.717, 1.165) is 0 Å². The maximum Gasteiger partial charge on any atom is 0.335 e. The minimum Gasteiger partial charge on any atom is -0.478 e. The smallest absolute Gasteiger partial charge is 0.335 e. The molecule has 20 heavy (non-hydrogen) atoms. The predicted octanol–water partition coefficient (Wildman–Crippen LogP) is 1.59. The Bertz CT molecular complexity index is 466. The Morgan fingerprint density at radius 2 is 0.900 bits per heavy atom. The zero-order valence-corrected chi connectivity index (χ0v) is 10.6. The van der Waals surface area contributed by atoms with Crippen LogP contribution in [-0.2, 0) is 0 Å². The molecular formula is C14H16N2O4. The third kappa shape index (κ3) is 6.90. The molecule has 0 radical (unpaired) electrons. The van der Waals surface area contributed by atoms with Gasteiger partial charge in [0.25, 0.3) is 0 Å². The predicted molar refractivity (Wildman–Crippen MR) is 75.2 cm³/mol. The highest BCUT2D eigenvalue weighted by Gasteiger charge is 1.97. The Hall–Kier alpha value is -2.70. The van der Waals surface area contributed by atoms with Gasteiger partial charge in [-0.05, 0) is 24.3 Å². The first-order valence-corrected chi connectivity index (χ1v) is 5.51. The first kappa shape index (κ1) is 17.3. The Morgan fingerprint density at radius 3 is 1.05 bits per heavy atom. The van der Waals surface area contributed by atoms with Gasteiger partial charge in [-0.25, -0.2) is 9.59 Å². The highest BCUT2D eigenvalue weighted by molar-refractivity contribution is 5.87. The first-order chi connectivity index (χ1) is 9.61. The van der Waals surface area contributed by atoms with Crippen molar-refractivity contribution < 1.29 is 19.8 Å². The van der Waals surface area contributed by atoms with Gasteiger partial charge in [0.2, 0.25) is 0 Å². The number of carbonyl (C=O) groups is 2. The van der Waals surface area contributed by atoms with Crippen molar-refractivity contribution in [2.75, 3.05) is 0 Å². The van der Waals surface area contributed by atoms with E-state index >= 15 is 0 Å². The summed E-state index contributed by atoms with van der Waals surface area (Å²) < 4.78 is 0. The normalized spacial score (nSPS) is 8.30. The summed E-state index contributed by atoms with van der Waals surface area (Å²) in [4.78, 5) is 20.4. The summed E-state index contributed by atoms with van der Waals surface area (Å²) in [6, 6.07) is 16.6. The molecule has 6 N–H and O–H groups in total. The molecule has 2 aromatic carbocycles. The van der Waals surface area contributed by atoms with Crippen molar-refractivity contribution in [1.82, 2.24) is 0 Å². The van der Waals surface area contributed by atoms with Crippen LogP contribution in [0.2, 0.25) is 0 Å². The van der Waals surface area contributed by atoms with E-state index in [4.69, 9.17) is 10.2 Å². The van der Waals surface area contributed by atoms with Crippen LogP contribution in [0.15, 0.2) is 60.7 Å². The van der Waals surface area contributed by atoms with E-state index in [1.165, 1.54) is 0 Å². The average molecular weight is 276 g/mol. The molecule has 0 saturated heterocycles. The van der Waals surface area contributed by atoms with E-state index in [2.05, 4.69) is 11.7 Å². The van der Waals surface area contributed by atoms with Crippen LogP contribution in [0.5, 0.6) is 0 Å². The molecule has 2 aromatic rings. The molecule has 0 amide bonds. The van der Waals surface area contributed by atoms with Crippen molar-refractivity contribution in [2.24, 2.45) is 11.7 Å². The monoisotopic (exact) mass is 276 g/mol. The summed E-state index contributed by atoms with van der Waals surface area (Å²) in [5, 5.41) is 16.8. The van der Waals surface area contributed by atoms with Crippen LogP contribution in [0, 0.1) is 0 Å². The van der Waals surface area contributed by atoms with Crippen molar-refractivity contribution in [3.63, 3.8) is 0 Å². The number of carboxylic acids is 2. The van der Waals surface area contributed by atoms with Gasteiger partial charge in [0.15, 0.2) is 0 Å². The topological polar surface area (TPSA) is 127 Å². The number of hydrazine groups is 1. The molecule has 0 heterocycles. The zero-order valence-electron chi connectivity index (χ0n) is 10.6. The van der Waals surface area contributed by atoms with Gasteiger partial charge in [0.05, 0.1) is 11.1 Å². The summed E-state index contributed by atoms with van der Waals surface area (Å²) in [7, 11) is 0. The molecular weight excluding hydrogens is 260 g/mol. The van der Waals surface area contributed by atoms with E-state index in [1.807, 2.05) is 0 Å². The van der Waals surface area contributed by atoms with Gasteiger partial charge < -0.3 is 10.2 Å². The molecule has 0 aliphatic carbocycles. The van der Waals surface area contributed by atoms with Crippen molar-refractivity contribution in [3.8, 4) is 0 Å². The number of nitrogens with two attached hydrogens (primary N) is 2. The fourth-order valence-corrected chi connectivity index (χ4v) is 1.16. The minimum atomic E-state index is -0.879. The molecule has 0 saturated carbocycles. The number of carboxylic acid groups (broad SMARTS) is 2. The second-order valence-electron chi connectivity index (χ2n) is 3.34. The van der Waals surface area contributed by atoms with Gasteiger partial charge in [0.1, 0.15) is 0 Å². The molecule has 2 rings (SSSR count). The summed E-state index contributed by atoms with van der Waals surface area (Å²) in [6.07, 6.45) is 0. The Balaban J connectivity index is 0.000000321. The molecule has 106 valence electrons. The highest BCUT2D eigenvalue weighted by Crippen LogP contribution is 1.96. The van der Waals surface area contributed by atoms with E-state index in [0.29, 0.717) is 11.1 Å². The molecule has 0 atom stereocenters. The van der Waals surface area contributed by atoms with Crippen LogP contribution in [-0.4, -0.2) is 22.2 Å². The lowest BCUT2D eigenvalue weighted by Crippen LogP contribution is -2.02. The van der Waals surface area contributed by atoms with Crippen LogP contribution in [0.3, 0.4) is 0 Å². The SMILES string of the molecule is NN.O=C(O)c1ccccc1.O=C(O)c1ccccc1. The van der Waals surface area contributed by atoms with Crippen LogP contribution < -0.4 is 11.7 Å². The Morgan fingerprint density at radius 1 is 0.650 bits per heavy atom. The van der Waals surface area contributed by atoms with E-state index < -0.39 is 11.9 Å². The number of hydrogen-bond donors (Lipinski definition) is 4. The second-order valence-corrected chi connectivity index (χ2v) is 3.34. The number of aromatic carboxylic acids is 2. The summed E-state index contributed by atoms with van der Waals surface area (Å²) in [5.41, 5.74) is 0.662. The standard InChI is InChI=1S/2C7H6O2.H4N2/c2*8-7(9)6-4-2-1-3-5-6;1-2/h2*1-5H,(H,8,9);1-2H2. The molecule has 0 unspecified atom stereocenters. The molecule has 0 spiro atoms. The Kier molecular flexibility index (Phi) is 8.86. The zero-order chi connectivity index (χ0) is 15.4. The van der Waals surface area contributed by atoms with Gasteiger partial charge in [-0.15, -0.1) is 0 Å². The lowest BCUT2D eigenvalue weighted by Gasteiger charge is -1.88. The second kappa shape index (κ2) is 10.2. The van der Waals surface area contributed by atoms with Crippen molar-refractivity contribution in [1.29, 1.82) is 0 Å². The van der Waals surface area contributed by atoms with E-state index in [-0.39, 0.29) is 0 Å². The fourth-order valence-electron chi connectivity index (χ4n) is 1.16. The van der Waals surface area contributed by atoms with E-state index in [9.17, 15) is 9.59 Å². The van der Waals surface area contributed by atoms with Gasteiger partial charge in [-0.3, -0.25) is 11.7 Å². The van der Waals surface area contributed by atoms with Crippen LogP contribution in [0.25, 0.3) is 0 Å². The summed E-state index contributed by atoms with van der Waals surface area (Å²) in [6.45, 7) is 0. The summed E-state index contributed by atoms with van der Waals surface area (Å²) >= 11 is 0. The molecule has 0 bridgehead atoms. The largest absolute Gasteiger partial charge is 0.478 e. The maximum absolute atomic E-state index is 10.2.